The summed E-state index contributed by atoms with van der Waals surface area (Å²) in [5, 5.41) is 0.381. The second-order valence-corrected chi connectivity index (χ2v) is 6.18. The van der Waals surface area contributed by atoms with Crippen LogP contribution < -0.4 is 9.47 Å². The van der Waals surface area contributed by atoms with Gasteiger partial charge in [0.1, 0.15) is 0 Å². The summed E-state index contributed by atoms with van der Waals surface area (Å²) in [6.45, 7) is 0. The van der Waals surface area contributed by atoms with Crippen LogP contribution in [0.15, 0.2) is 36.4 Å². The molecule has 2 aromatic carbocycles. The molecule has 1 atom stereocenters. The molecule has 0 N–H and O–H groups in total. The Morgan fingerprint density at radius 3 is 2.35 bits per heavy atom. The van der Waals surface area contributed by atoms with Gasteiger partial charge in [-0.2, -0.15) is 0 Å². The van der Waals surface area contributed by atoms with E-state index in [0.29, 0.717) is 16.5 Å². The Bertz CT molecular complexity index is 617. The lowest BCUT2D eigenvalue weighted by atomic mass is 10.0. The van der Waals surface area contributed by atoms with Gasteiger partial charge < -0.3 is 9.47 Å². The first-order valence-electron chi connectivity index (χ1n) is 5.87. The highest BCUT2D eigenvalue weighted by Gasteiger charge is 2.16. The molecule has 1 unspecified atom stereocenters. The number of methoxy groups -OCH3 is 2. The van der Waals surface area contributed by atoms with E-state index in [1.54, 1.807) is 14.2 Å². The Labute approximate surface area is 142 Å². The zero-order valence-corrected chi connectivity index (χ0v) is 14.7. The minimum Gasteiger partial charge on any atom is -0.493 e. The number of alkyl halides is 1. The molecule has 0 fully saturated rings. The summed E-state index contributed by atoms with van der Waals surface area (Å²) in [6, 6.07) is 11.3. The van der Waals surface area contributed by atoms with Gasteiger partial charge in [0.25, 0.3) is 0 Å². The van der Waals surface area contributed by atoms with Crippen LogP contribution in [0.1, 0.15) is 16.5 Å². The van der Waals surface area contributed by atoms with Gasteiger partial charge in [-0.25, -0.2) is 0 Å². The van der Waals surface area contributed by atoms with Crippen molar-refractivity contribution < 1.29 is 9.47 Å². The van der Waals surface area contributed by atoms with Crippen LogP contribution in [0.3, 0.4) is 0 Å². The first-order valence-corrected chi connectivity index (χ1v) is 7.77. The first-order chi connectivity index (χ1) is 9.56. The van der Waals surface area contributed by atoms with Crippen LogP contribution in [0.5, 0.6) is 11.5 Å². The zero-order chi connectivity index (χ0) is 14.7. The fourth-order valence-corrected chi connectivity index (χ4v) is 3.23. The van der Waals surface area contributed by atoms with Crippen molar-refractivity contribution in [3.63, 3.8) is 0 Å². The lowest BCUT2D eigenvalue weighted by Crippen LogP contribution is -1.98. The number of ether oxygens (including phenoxy) is 2. The van der Waals surface area contributed by atoms with Crippen molar-refractivity contribution in [2.24, 2.45) is 0 Å². The molecule has 0 bridgehead atoms. The van der Waals surface area contributed by atoms with Crippen LogP contribution in [0, 0.1) is 3.57 Å². The second kappa shape index (κ2) is 6.87. The lowest BCUT2D eigenvalue weighted by Gasteiger charge is -2.15. The fraction of sp³-hybridized carbons (Fsp3) is 0.200. The summed E-state index contributed by atoms with van der Waals surface area (Å²) < 4.78 is 11.6. The van der Waals surface area contributed by atoms with Gasteiger partial charge in [-0.3, -0.25) is 0 Å². The van der Waals surface area contributed by atoms with Crippen molar-refractivity contribution in [1.29, 1.82) is 0 Å². The monoisotopic (exact) mass is 422 g/mol. The van der Waals surface area contributed by atoms with E-state index >= 15 is 0 Å². The molecule has 0 aliphatic rings. The van der Waals surface area contributed by atoms with E-state index in [9.17, 15) is 0 Å². The van der Waals surface area contributed by atoms with Crippen LogP contribution in [0.25, 0.3) is 0 Å². The van der Waals surface area contributed by atoms with Crippen LogP contribution in [0.2, 0.25) is 5.02 Å². The van der Waals surface area contributed by atoms with Crippen LogP contribution in [0.4, 0.5) is 0 Å². The third kappa shape index (κ3) is 3.32. The largest absolute Gasteiger partial charge is 0.493 e. The minimum atomic E-state index is -0.291. The van der Waals surface area contributed by atoms with Gasteiger partial charge in [0.05, 0.1) is 19.6 Å². The SMILES string of the molecule is COc1ccc(C(Cl)c2cc(Cl)ccc2I)cc1OC. The predicted molar refractivity (Wildman–Crippen MR) is 91.4 cm³/mol. The topological polar surface area (TPSA) is 18.5 Å². The molecule has 0 saturated heterocycles. The van der Waals surface area contributed by atoms with E-state index < -0.39 is 0 Å². The molecule has 0 spiro atoms. The van der Waals surface area contributed by atoms with E-state index in [2.05, 4.69) is 22.6 Å². The first kappa shape index (κ1) is 15.7. The average Bonchev–Trinajstić information content (AvgIpc) is 2.48. The van der Waals surface area contributed by atoms with Crippen molar-refractivity contribution >= 4 is 45.8 Å². The zero-order valence-electron chi connectivity index (χ0n) is 11.0. The summed E-state index contributed by atoms with van der Waals surface area (Å²) in [7, 11) is 3.21. The average molecular weight is 423 g/mol. The Balaban J connectivity index is 2.42. The molecule has 106 valence electrons. The number of benzene rings is 2. The number of rotatable bonds is 4. The van der Waals surface area contributed by atoms with Crippen molar-refractivity contribution in [1.82, 2.24) is 0 Å². The van der Waals surface area contributed by atoms with Crippen molar-refractivity contribution in [2.75, 3.05) is 14.2 Å². The molecule has 0 heterocycles. The fourth-order valence-electron chi connectivity index (χ4n) is 1.90. The van der Waals surface area contributed by atoms with Crippen molar-refractivity contribution in [3.05, 3.63) is 56.1 Å². The predicted octanol–water partition coefficient (Wildman–Crippen LogP) is 5.29. The van der Waals surface area contributed by atoms with E-state index in [4.69, 9.17) is 32.7 Å². The van der Waals surface area contributed by atoms with Gasteiger partial charge in [0.2, 0.25) is 0 Å². The van der Waals surface area contributed by atoms with Gasteiger partial charge >= 0.3 is 0 Å². The quantitative estimate of drug-likeness (QED) is 0.492. The van der Waals surface area contributed by atoms with E-state index in [0.717, 1.165) is 14.7 Å². The minimum absolute atomic E-state index is 0.291. The maximum Gasteiger partial charge on any atom is 0.161 e. The number of hydrogen-bond donors (Lipinski definition) is 0. The van der Waals surface area contributed by atoms with Crippen molar-refractivity contribution in [3.8, 4) is 11.5 Å². The van der Waals surface area contributed by atoms with E-state index in [-0.39, 0.29) is 5.38 Å². The van der Waals surface area contributed by atoms with Gasteiger partial charge in [-0.15, -0.1) is 11.6 Å². The van der Waals surface area contributed by atoms with Crippen LogP contribution >= 0.6 is 45.8 Å². The highest BCUT2D eigenvalue weighted by molar-refractivity contribution is 14.1. The van der Waals surface area contributed by atoms with E-state index in [1.165, 1.54) is 0 Å². The molecule has 0 aromatic heterocycles. The molecule has 0 saturated carbocycles. The summed E-state index contributed by atoms with van der Waals surface area (Å²) >= 11 is 14.9. The summed E-state index contributed by atoms with van der Waals surface area (Å²) in [4.78, 5) is 0. The van der Waals surface area contributed by atoms with Crippen molar-refractivity contribution in [2.45, 2.75) is 5.38 Å². The molecule has 0 amide bonds. The third-order valence-electron chi connectivity index (χ3n) is 2.93. The molecule has 0 aliphatic heterocycles. The normalized spacial score (nSPS) is 12.1. The molecular formula is C15H13Cl2IO2. The maximum absolute atomic E-state index is 6.57. The van der Waals surface area contributed by atoms with Gasteiger partial charge in [0, 0.05) is 8.59 Å². The highest BCUT2D eigenvalue weighted by atomic mass is 127. The van der Waals surface area contributed by atoms with Crippen LogP contribution in [-0.2, 0) is 0 Å². The number of hydrogen-bond acceptors (Lipinski definition) is 2. The molecule has 2 aromatic rings. The smallest absolute Gasteiger partial charge is 0.161 e. The molecule has 0 radical (unpaired) electrons. The van der Waals surface area contributed by atoms with Gasteiger partial charge in [0.15, 0.2) is 11.5 Å². The standard InChI is InChI=1S/C15H13Cl2IO2/c1-19-13-6-3-9(7-14(13)20-2)15(17)11-8-10(16)4-5-12(11)18/h3-8,15H,1-2H3. The Morgan fingerprint density at radius 2 is 1.70 bits per heavy atom. The summed E-state index contributed by atoms with van der Waals surface area (Å²) in [6.07, 6.45) is 0. The Kier molecular flexibility index (Phi) is 5.41. The molecular weight excluding hydrogens is 410 g/mol. The Hall–Kier alpha value is -0.650. The van der Waals surface area contributed by atoms with Gasteiger partial charge in [-0.1, -0.05) is 17.7 Å². The Morgan fingerprint density at radius 1 is 1.00 bits per heavy atom. The summed E-state index contributed by atoms with van der Waals surface area (Å²) in [5.41, 5.74) is 1.91. The molecule has 20 heavy (non-hydrogen) atoms. The second-order valence-electron chi connectivity index (χ2n) is 4.14. The highest BCUT2D eigenvalue weighted by Crippen LogP contribution is 2.37. The van der Waals surface area contributed by atoms with Crippen LogP contribution in [-0.4, -0.2) is 14.2 Å². The molecule has 5 heteroatoms. The molecule has 0 aliphatic carbocycles. The lowest BCUT2D eigenvalue weighted by molar-refractivity contribution is 0.354. The number of halogens is 3. The maximum atomic E-state index is 6.57. The summed E-state index contributed by atoms with van der Waals surface area (Å²) in [5.74, 6) is 1.34. The third-order valence-corrected chi connectivity index (χ3v) is 4.64. The van der Waals surface area contributed by atoms with Gasteiger partial charge in [-0.05, 0) is 64.0 Å². The van der Waals surface area contributed by atoms with E-state index in [1.807, 2.05) is 36.4 Å². The molecule has 2 rings (SSSR count). The molecule has 2 nitrogen and oxygen atoms in total.